The highest BCUT2D eigenvalue weighted by atomic mass is 35.5. The third kappa shape index (κ3) is 9.76. The van der Waals surface area contributed by atoms with Crippen molar-refractivity contribution >= 4 is 62.5 Å². The average molecular weight is 713 g/mol. The van der Waals surface area contributed by atoms with Crippen LogP contribution >= 0.6 is 35.0 Å². The maximum atomic E-state index is 14.6. The second kappa shape index (κ2) is 16.6. The number of benzene rings is 4. The van der Waals surface area contributed by atoms with Crippen LogP contribution < -0.4 is 9.62 Å². The Hall–Kier alpha value is -3.50. The van der Waals surface area contributed by atoms with Crippen LogP contribution in [0.4, 0.5) is 5.69 Å². The van der Waals surface area contributed by atoms with Crippen molar-refractivity contribution in [3.05, 3.63) is 124 Å². The number of rotatable bonds is 14. The molecule has 0 aromatic heterocycles. The molecule has 0 radical (unpaired) electrons. The van der Waals surface area contributed by atoms with E-state index in [-0.39, 0.29) is 29.7 Å². The van der Waals surface area contributed by atoms with Crippen LogP contribution in [-0.4, -0.2) is 50.5 Å². The number of carbonyl (C=O) groups is 2. The Bertz CT molecular complexity index is 1770. The molecule has 0 aliphatic carbocycles. The molecule has 2 amide bonds. The SMILES string of the molecule is CSc1ccc(S(=O)(=O)N(CC(=O)N(Cc2ccc(Cl)c(Cl)c2)[C@@H](Cc2ccccc2)C(=O)NCC(C)C)c2ccc(C)cc2)cc1. The van der Waals surface area contributed by atoms with Gasteiger partial charge in [0.25, 0.3) is 10.0 Å². The summed E-state index contributed by atoms with van der Waals surface area (Å²) in [5.74, 6) is -0.717. The summed E-state index contributed by atoms with van der Waals surface area (Å²) in [4.78, 5) is 30.9. The molecule has 4 aromatic rings. The van der Waals surface area contributed by atoms with Gasteiger partial charge in [-0.2, -0.15) is 0 Å². The fourth-order valence-corrected chi connectivity index (χ4v) is 7.07. The Balaban J connectivity index is 1.81. The average Bonchev–Trinajstić information content (AvgIpc) is 3.06. The van der Waals surface area contributed by atoms with Crippen LogP contribution in [0.2, 0.25) is 10.0 Å². The zero-order chi connectivity index (χ0) is 34.1. The number of amides is 2. The van der Waals surface area contributed by atoms with Crippen LogP contribution in [0, 0.1) is 12.8 Å². The summed E-state index contributed by atoms with van der Waals surface area (Å²) < 4.78 is 29.6. The molecule has 0 unspecified atom stereocenters. The van der Waals surface area contributed by atoms with Gasteiger partial charge in [0, 0.05) is 24.4 Å². The van der Waals surface area contributed by atoms with Crippen molar-refractivity contribution in [3.8, 4) is 0 Å². The van der Waals surface area contributed by atoms with Crippen LogP contribution in [0.1, 0.15) is 30.5 Å². The van der Waals surface area contributed by atoms with E-state index in [1.54, 1.807) is 54.6 Å². The van der Waals surface area contributed by atoms with Crippen LogP contribution in [0.3, 0.4) is 0 Å². The zero-order valence-electron chi connectivity index (χ0n) is 26.8. The Labute approximate surface area is 292 Å². The quantitative estimate of drug-likeness (QED) is 0.136. The molecule has 11 heteroatoms. The molecule has 4 rings (SSSR count). The molecule has 0 saturated heterocycles. The van der Waals surface area contributed by atoms with Gasteiger partial charge in [0.15, 0.2) is 0 Å². The van der Waals surface area contributed by atoms with Gasteiger partial charge in [-0.05, 0) is 78.8 Å². The van der Waals surface area contributed by atoms with Gasteiger partial charge in [0.05, 0.1) is 20.6 Å². The summed E-state index contributed by atoms with van der Waals surface area (Å²) in [6.07, 6.45) is 2.12. The number of nitrogens with zero attached hydrogens (tertiary/aromatic N) is 2. The molecule has 0 spiro atoms. The number of sulfonamides is 1. The third-order valence-corrected chi connectivity index (χ3v) is 10.8. The first-order valence-corrected chi connectivity index (χ1v) is 18.6. The highest BCUT2D eigenvalue weighted by Crippen LogP contribution is 2.28. The van der Waals surface area contributed by atoms with E-state index in [9.17, 15) is 18.0 Å². The van der Waals surface area contributed by atoms with Crippen molar-refractivity contribution in [1.82, 2.24) is 10.2 Å². The molecule has 0 saturated carbocycles. The molecule has 4 aromatic carbocycles. The van der Waals surface area contributed by atoms with Gasteiger partial charge in [0.1, 0.15) is 12.6 Å². The maximum absolute atomic E-state index is 14.6. The Morgan fingerprint density at radius 3 is 2.11 bits per heavy atom. The number of nitrogens with one attached hydrogen (secondary N) is 1. The molecule has 1 N–H and O–H groups in total. The Kier molecular flexibility index (Phi) is 12.8. The maximum Gasteiger partial charge on any atom is 0.264 e. The van der Waals surface area contributed by atoms with Crippen molar-refractivity contribution in [3.63, 3.8) is 0 Å². The Morgan fingerprint density at radius 2 is 1.51 bits per heavy atom. The fraction of sp³-hybridized carbons (Fsp3) is 0.278. The third-order valence-electron chi connectivity index (χ3n) is 7.54. The first-order valence-electron chi connectivity index (χ1n) is 15.2. The second-order valence-electron chi connectivity index (χ2n) is 11.6. The first kappa shape index (κ1) is 36.3. The largest absolute Gasteiger partial charge is 0.354 e. The van der Waals surface area contributed by atoms with Gasteiger partial charge in [-0.3, -0.25) is 13.9 Å². The van der Waals surface area contributed by atoms with Gasteiger partial charge in [-0.1, -0.05) is 91.1 Å². The van der Waals surface area contributed by atoms with Crippen LogP contribution in [0.15, 0.2) is 107 Å². The predicted octanol–water partition coefficient (Wildman–Crippen LogP) is 7.63. The number of hydrogen-bond acceptors (Lipinski definition) is 5. The number of anilines is 1. The molecule has 248 valence electrons. The van der Waals surface area contributed by atoms with Crippen molar-refractivity contribution in [1.29, 1.82) is 0 Å². The van der Waals surface area contributed by atoms with Gasteiger partial charge < -0.3 is 10.2 Å². The molecular weight excluding hydrogens is 673 g/mol. The zero-order valence-corrected chi connectivity index (χ0v) is 30.0. The lowest BCUT2D eigenvalue weighted by Gasteiger charge is -2.34. The summed E-state index contributed by atoms with van der Waals surface area (Å²) >= 11 is 14.0. The topological polar surface area (TPSA) is 86.8 Å². The summed E-state index contributed by atoms with van der Waals surface area (Å²) in [6.45, 7) is 5.74. The second-order valence-corrected chi connectivity index (χ2v) is 15.2. The minimum Gasteiger partial charge on any atom is -0.354 e. The van der Waals surface area contributed by atoms with E-state index in [0.717, 1.165) is 20.3 Å². The molecule has 0 fully saturated rings. The molecule has 0 heterocycles. The standard InChI is InChI=1S/C36H39Cl2N3O4S2/c1-25(2)22-39-36(43)34(21-27-8-6-5-7-9-27)40(23-28-12-19-32(37)33(38)20-28)35(42)24-41(29-13-10-26(3)11-14-29)47(44,45)31-17-15-30(46-4)16-18-31/h5-20,25,34H,21-24H2,1-4H3,(H,39,43)/t34-/m0/s1. The van der Waals surface area contributed by atoms with Crippen molar-refractivity contribution in [2.75, 3.05) is 23.7 Å². The van der Waals surface area contributed by atoms with Gasteiger partial charge in [0.2, 0.25) is 11.8 Å². The van der Waals surface area contributed by atoms with Crippen molar-refractivity contribution in [2.24, 2.45) is 5.92 Å². The highest BCUT2D eigenvalue weighted by Gasteiger charge is 2.34. The number of hydrogen-bond donors (Lipinski definition) is 1. The van der Waals surface area contributed by atoms with Crippen LogP contribution in [0.25, 0.3) is 0 Å². The number of carbonyl (C=O) groups excluding carboxylic acids is 2. The molecule has 0 bridgehead atoms. The van der Waals surface area contributed by atoms with E-state index >= 15 is 0 Å². The van der Waals surface area contributed by atoms with Gasteiger partial charge >= 0.3 is 0 Å². The number of halogens is 2. The minimum atomic E-state index is -4.19. The fourth-order valence-electron chi connectivity index (χ4n) is 4.93. The van der Waals surface area contributed by atoms with E-state index in [4.69, 9.17) is 23.2 Å². The lowest BCUT2D eigenvalue weighted by Crippen LogP contribution is -2.53. The lowest BCUT2D eigenvalue weighted by atomic mass is 10.0. The van der Waals surface area contributed by atoms with Gasteiger partial charge in [-0.15, -0.1) is 11.8 Å². The normalized spacial score (nSPS) is 12.1. The summed E-state index contributed by atoms with van der Waals surface area (Å²) in [7, 11) is -4.19. The van der Waals surface area contributed by atoms with Gasteiger partial charge in [-0.25, -0.2) is 8.42 Å². The van der Waals surface area contributed by atoms with Crippen molar-refractivity contribution in [2.45, 2.75) is 49.6 Å². The van der Waals surface area contributed by atoms with Crippen LogP contribution in [-0.2, 0) is 32.6 Å². The Morgan fingerprint density at radius 1 is 0.851 bits per heavy atom. The van der Waals surface area contributed by atoms with E-state index in [1.165, 1.54) is 28.8 Å². The predicted molar refractivity (Wildman–Crippen MR) is 193 cm³/mol. The lowest BCUT2D eigenvalue weighted by molar-refractivity contribution is -0.140. The van der Waals surface area contributed by atoms with E-state index in [0.29, 0.717) is 27.8 Å². The molecular formula is C36H39Cl2N3O4S2. The first-order chi connectivity index (χ1) is 22.4. The number of thioether (sulfide) groups is 1. The summed E-state index contributed by atoms with van der Waals surface area (Å²) in [5.41, 5.74) is 2.75. The van der Waals surface area contributed by atoms with Crippen molar-refractivity contribution < 1.29 is 18.0 Å². The summed E-state index contributed by atoms with van der Waals surface area (Å²) in [5, 5.41) is 3.65. The highest BCUT2D eigenvalue weighted by molar-refractivity contribution is 7.98. The van der Waals surface area contributed by atoms with Crippen LogP contribution in [0.5, 0.6) is 0 Å². The molecule has 1 atom stereocenters. The smallest absolute Gasteiger partial charge is 0.264 e. The minimum absolute atomic E-state index is 0.00741. The van der Waals surface area contributed by atoms with E-state index < -0.39 is 28.5 Å². The van der Waals surface area contributed by atoms with E-state index in [2.05, 4.69) is 5.32 Å². The molecule has 47 heavy (non-hydrogen) atoms. The summed E-state index contributed by atoms with van der Waals surface area (Å²) in [6, 6.07) is 27.0. The van der Waals surface area contributed by atoms with E-state index in [1.807, 2.05) is 57.4 Å². The molecule has 0 aliphatic heterocycles. The number of aryl methyl sites for hydroxylation is 1. The molecule has 7 nitrogen and oxygen atoms in total. The molecule has 0 aliphatic rings. The monoisotopic (exact) mass is 711 g/mol.